The zero-order valence-electron chi connectivity index (χ0n) is 12.1. The molecule has 0 fully saturated rings. The van der Waals surface area contributed by atoms with Crippen LogP contribution in [0.2, 0.25) is 0 Å². The van der Waals surface area contributed by atoms with Crippen molar-refractivity contribution >= 4 is 10.0 Å². The summed E-state index contributed by atoms with van der Waals surface area (Å²) < 4.78 is 30.9. The molecule has 6 heteroatoms. The second-order valence-corrected chi connectivity index (χ2v) is 6.86. The zero-order chi connectivity index (χ0) is 14.0. The van der Waals surface area contributed by atoms with Gasteiger partial charge in [-0.25, -0.2) is 8.42 Å². The van der Waals surface area contributed by atoms with Crippen LogP contribution in [0, 0.1) is 5.92 Å². The van der Waals surface area contributed by atoms with E-state index < -0.39 is 10.0 Å². The summed E-state index contributed by atoms with van der Waals surface area (Å²) in [5.74, 6) is 0.529. The van der Waals surface area contributed by atoms with Crippen molar-refractivity contribution in [3.63, 3.8) is 0 Å². The molecule has 0 radical (unpaired) electrons. The van der Waals surface area contributed by atoms with E-state index in [1.54, 1.807) is 11.4 Å². The third kappa shape index (κ3) is 8.02. The van der Waals surface area contributed by atoms with Crippen LogP contribution in [0.15, 0.2) is 0 Å². The Balaban J connectivity index is 4.34. The summed E-state index contributed by atoms with van der Waals surface area (Å²) in [4.78, 5) is 0. The van der Waals surface area contributed by atoms with E-state index in [-0.39, 0.29) is 5.75 Å². The van der Waals surface area contributed by atoms with Crippen LogP contribution in [0.25, 0.3) is 0 Å². The predicted octanol–water partition coefficient (Wildman–Crippen LogP) is 0.920. The molecule has 0 aromatic carbocycles. The Labute approximate surface area is 112 Å². The number of nitrogens with one attached hydrogen (secondary N) is 1. The molecule has 0 rings (SSSR count). The summed E-state index contributed by atoms with van der Waals surface area (Å²) in [6.45, 7) is 9.12. The predicted molar refractivity (Wildman–Crippen MR) is 75.2 cm³/mol. The highest BCUT2D eigenvalue weighted by Crippen LogP contribution is 2.07. The highest BCUT2D eigenvalue weighted by Gasteiger charge is 2.21. The van der Waals surface area contributed by atoms with Gasteiger partial charge in [-0.3, -0.25) is 0 Å². The van der Waals surface area contributed by atoms with Gasteiger partial charge in [-0.15, -0.1) is 0 Å². The number of sulfonamides is 1. The normalized spacial score (nSPS) is 12.6. The Hall–Kier alpha value is -0.170. The average Bonchev–Trinajstić information content (AvgIpc) is 2.29. The molecule has 0 amide bonds. The highest BCUT2D eigenvalue weighted by atomic mass is 32.2. The summed E-state index contributed by atoms with van der Waals surface area (Å²) in [6.07, 6.45) is 0.651. The molecule has 0 aliphatic carbocycles. The summed E-state index contributed by atoms with van der Waals surface area (Å²) in [7, 11) is -1.57. The van der Waals surface area contributed by atoms with Gasteiger partial charge >= 0.3 is 0 Å². The van der Waals surface area contributed by atoms with Gasteiger partial charge in [-0.05, 0) is 25.4 Å². The molecule has 0 saturated heterocycles. The van der Waals surface area contributed by atoms with E-state index in [0.717, 1.165) is 13.1 Å². The first-order chi connectivity index (χ1) is 8.44. The molecule has 1 N–H and O–H groups in total. The molecule has 0 aromatic rings. The number of rotatable bonds is 11. The van der Waals surface area contributed by atoms with Crippen molar-refractivity contribution in [3.8, 4) is 0 Å². The molecular formula is C12H28N2O3S. The van der Waals surface area contributed by atoms with Crippen LogP contribution >= 0.6 is 0 Å². The minimum absolute atomic E-state index is 0.205. The van der Waals surface area contributed by atoms with E-state index in [1.165, 1.54) is 0 Å². The Kier molecular flexibility index (Phi) is 9.63. The number of hydrogen-bond acceptors (Lipinski definition) is 4. The van der Waals surface area contributed by atoms with Gasteiger partial charge in [0.15, 0.2) is 0 Å². The molecule has 0 atom stereocenters. The fraction of sp³-hybridized carbons (Fsp3) is 1.00. The van der Waals surface area contributed by atoms with Gasteiger partial charge in [0.25, 0.3) is 0 Å². The van der Waals surface area contributed by atoms with Crippen LogP contribution in [0.3, 0.4) is 0 Å². The molecule has 0 aliphatic heterocycles. The highest BCUT2D eigenvalue weighted by molar-refractivity contribution is 7.89. The van der Waals surface area contributed by atoms with Crippen LogP contribution in [-0.4, -0.2) is 58.4 Å². The lowest BCUT2D eigenvalue weighted by Gasteiger charge is -2.23. The number of nitrogens with zero attached hydrogens (tertiary/aromatic N) is 1. The maximum Gasteiger partial charge on any atom is 0.214 e. The summed E-state index contributed by atoms with van der Waals surface area (Å²) >= 11 is 0. The fourth-order valence-corrected chi connectivity index (χ4v) is 3.28. The van der Waals surface area contributed by atoms with Gasteiger partial charge in [0.2, 0.25) is 10.0 Å². The summed E-state index contributed by atoms with van der Waals surface area (Å²) in [5, 5.41) is 3.14. The quantitative estimate of drug-likeness (QED) is 0.572. The fourth-order valence-electron chi connectivity index (χ4n) is 1.63. The van der Waals surface area contributed by atoms with Crippen LogP contribution in [0.1, 0.15) is 27.2 Å². The van der Waals surface area contributed by atoms with Crippen molar-refractivity contribution in [2.75, 3.05) is 45.6 Å². The molecule has 0 heterocycles. The second kappa shape index (κ2) is 9.72. The molecule has 18 heavy (non-hydrogen) atoms. The van der Waals surface area contributed by atoms with Gasteiger partial charge < -0.3 is 10.1 Å². The Bertz CT molecular complexity index is 292. The van der Waals surface area contributed by atoms with Crippen molar-refractivity contribution in [2.24, 2.45) is 5.92 Å². The van der Waals surface area contributed by atoms with Gasteiger partial charge in [-0.2, -0.15) is 4.31 Å². The first-order valence-corrected chi connectivity index (χ1v) is 8.22. The Morgan fingerprint density at radius 3 is 2.50 bits per heavy atom. The lowest BCUT2D eigenvalue weighted by molar-refractivity contribution is 0.175. The van der Waals surface area contributed by atoms with Crippen molar-refractivity contribution in [1.82, 2.24) is 9.62 Å². The number of hydrogen-bond donors (Lipinski definition) is 1. The maximum absolute atomic E-state index is 12.2. The lowest BCUT2D eigenvalue weighted by Crippen LogP contribution is -2.38. The van der Waals surface area contributed by atoms with Gasteiger partial charge in [0.1, 0.15) is 0 Å². The number of ether oxygens (including phenoxy) is 1. The van der Waals surface area contributed by atoms with E-state index in [4.69, 9.17) is 4.74 Å². The van der Waals surface area contributed by atoms with Crippen molar-refractivity contribution in [1.29, 1.82) is 0 Å². The SMILES string of the molecule is CCNCCCS(=O)(=O)N(CCOC)CC(C)C. The van der Waals surface area contributed by atoms with Gasteiger partial charge in [0, 0.05) is 20.2 Å². The largest absolute Gasteiger partial charge is 0.383 e. The zero-order valence-corrected chi connectivity index (χ0v) is 12.9. The molecule has 0 unspecified atom stereocenters. The minimum Gasteiger partial charge on any atom is -0.383 e. The van der Waals surface area contributed by atoms with E-state index >= 15 is 0 Å². The smallest absolute Gasteiger partial charge is 0.214 e. The average molecular weight is 280 g/mol. The molecule has 0 spiro atoms. The molecule has 0 bridgehead atoms. The van der Waals surface area contributed by atoms with E-state index in [0.29, 0.717) is 32.0 Å². The van der Waals surface area contributed by atoms with Crippen LogP contribution in [0.4, 0.5) is 0 Å². The molecule has 110 valence electrons. The van der Waals surface area contributed by atoms with Crippen LogP contribution in [0.5, 0.6) is 0 Å². The van der Waals surface area contributed by atoms with Crippen LogP contribution in [-0.2, 0) is 14.8 Å². The first-order valence-electron chi connectivity index (χ1n) is 6.61. The van der Waals surface area contributed by atoms with E-state index in [2.05, 4.69) is 5.32 Å². The number of methoxy groups -OCH3 is 1. The van der Waals surface area contributed by atoms with Crippen molar-refractivity contribution < 1.29 is 13.2 Å². The Morgan fingerprint density at radius 1 is 1.33 bits per heavy atom. The van der Waals surface area contributed by atoms with Crippen LogP contribution < -0.4 is 5.32 Å². The minimum atomic E-state index is -3.16. The van der Waals surface area contributed by atoms with Gasteiger partial charge in [0.05, 0.1) is 12.4 Å². The topological polar surface area (TPSA) is 58.6 Å². The second-order valence-electron chi connectivity index (χ2n) is 4.77. The summed E-state index contributed by atoms with van der Waals surface area (Å²) in [5.41, 5.74) is 0. The maximum atomic E-state index is 12.2. The molecule has 0 aliphatic rings. The van der Waals surface area contributed by atoms with E-state index in [9.17, 15) is 8.42 Å². The molecule has 0 aromatic heterocycles. The Morgan fingerprint density at radius 2 is 2.00 bits per heavy atom. The standard InChI is InChI=1S/C12H28N2O3S/c1-5-13-7-6-10-18(15,16)14(8-9-17-4)11-12(2)3/h12-13H,5-11H2,1-4H3. The third-order valence-corrected chi connectivity index (χ3v) is 4.44. The van der Waals surface area contributed by atoms with Crippen molar-refractivity contribution in [3.05, 3.63) is 0 Å². The molecular weight excluding hydrogens is 252 g/mol. The summed E-state index contributed by atoms with van der Waals surface area (Å²) in [6, 6.07) is 0. The molecule has 0 saturated carbocycles. The first kappa shape index (κ1) is 17.8. The van der Waals surface area contributed by atoms with Gasteiger partial charge in [-0.1, -0.05) is 20.8 Å². The third-order valence-electron chi connectivity index (χ3n) is 2.51. The van der Waals surface area contributed by atoms with Crippen molar-refractivity contribution in [2.45, 2.75) is 27.2 Å². The molecule has 5 nitrogen and oxygen atoms in total. The monoisotopic (exact) mass is 280 g/mol. The lowest BCUT2D eigenvalue weighted by atomic mass is 10.2. The van der Waals surface area contributed by atoms with E-state index in [1.807, 2.05) is 20.8 Å².